The average Bonchev–Trinajstić information content (AvgIpc) is 3.10. The van der Waals surface area contributed by atoms with Gasteiger partial charge < -0.3 is 20.7 Å². The van der Waals surface area contributed by atoms with Gasteiger partial charge in [-0.2, -0.15) is 0 Å². The molecule has 1 aliphatic heterocycles. The van der Waals surface area contributed by atoms with Crippen LogP contribution in [0.3, 0.4) is 0 Å². The van der Waals surface area contributed by atoms with Crippen LogP contribution < -0.4 is 20.7 Å². The molecule has 3 aromatic rings. The second-order valence-corrected chi connectivity index (χ2v) is 9.23. The number of hydrogen-bond acceptors (Lipinski definition) is 6. The summed E-state index contributed by atoms with van der Waals surface area (Å²) in [6.07, 6.45) is 4.70. The van der Waals surface area contributed by atoms with Gasteiger partial charge in [-0.1, -0.05) is 12.1 Å². The zero-order chi connectivity index (χ0) is 21.8. The van der Waals surface area contributed by atoms with E-state index in [-0.39, 0.29) is 12.0 Å². The largest absolute Gasteiger partial charge is 0.475 e. The average molecular weight is 439 g/mol. The topological polar surface area (TPSA) is 80.5 Å². The zero-order valence-electron chi connectivity index (χ0n) is 18.2. The van der Waals surface area contributed by atoms with E-state index in [1.54, 1.807) is 6.07 Å². The Morgan fingerprint density at radius 3 is 2.61 bits per heavy atom. The van der Waals surface area contributed by atoms with E-state index in [1.807, 2.05) is 19.9 Å². The molecule has 0 bridgehead atoms. The number of aromatic nitrogens is 1. The summed E-state index contributed by atoms with van der Waals surface area (Å²) in [5.41, 5.74) is 9.21. The van der Waals surface area contributed by atoms with Crippen molar-refractivity contribution in [2.24, 2.45) is 0 Å². The fourth-order valence-electron chi connectivity index (χ4n) is 3.88. The highest BCUT2D eigenvalue weighted by atomic mass is 32.1. The van der Waals surface area contributed by atoms with E-state index < -0.39 is 0 Å². The highest BCUT2D eigenvalue weighted by molar-refractivity contribution is 7.21. The Morgan fingerprint density at radius 1 is 1.16 bits per heavy atom. The number of nitrogens with zero attached hydrogens (tertiary/aromatic N) is 2. The maximum absolute atomic E-state index is 12.7. The van der Waals surface area contributed by atoms with Crippen LogP contribution in [0.2, 0.25) is 0 Å². The lowest BCUT2D eigenvalue weighted by Gasteiger charge is -2.28. The van der Waals surface area contributed by atoms with Crippen LogP contribution in [0.15, 0.2) is 36.4 Å². The molecule has 3 heterocycles. The summed E-state index contributed by atoms with van der Waals surface area (Å²) in [6.45, 7) is 6.76. The van der Waals surface area contributed by atoms with Crippen LogP contribution in [-0.4, -0.2) is 36.6 Å². The Hall–Kier alpha value is -2.80. The normalized spacial score (nSPS) is 14.2. The van der Waals surface area contributed by atoms with Gasteiger partial charge in [0.05, 0.1) is 11.8 Å². The Labute approximate surface area is 187 Å². The molecule has 0 spiro atoms. The summed E-state index contributed by atoms with van der Waals surface area (Å²) >= 11 is 1.30. The third-order valence-electron chi connectivity index (χ3n) is 5.49. The first-order valence-corrected chi connectivity index (χ1v) is 11.8. The number of carbonyl (C=O) groups is 1. The van der Waals surface area contributed by atoms with Crippen molar-refractivity contribution in [2.45, 2.75) is 45.6 Å². The molecule has 1 aromatic carbocycles. The van der Waals surface area contributed by atoms with Crippen molar-refractivity contribution >= 4 is 38.8 Å². The lowest BCUT2D eigenvalue weighted by molar-refractivity contribution is 0.0959. The van der Waals surface area contributed by atoms with Crippen LogP contribution in [0, 0.1) is 0 Å². The number of fused-ring (bicyclic) bond motifs is 1. The van der Waals surface area contributed by atoms with Gasteiger partial charge in [0.2, 0.25) is 5.88 Å². The number of carbonyl (C=O) groups excluding carboxylic acids is 1. The standard InChI is InChI=1S/C24H30N4O2S/c1-16(2)30-20-11-10-19-21(25)22(31-24(19)27-20)23(29)26-13-12-17-6-8-18(9-7-17)28-14-4-3-5-15-28/h6-11,16H,3-5,12-15,25H2,1-2H3,(H,26,29). The van der Waals surface area contributed by atoms with E-state index in [0.29, 0.717) is 27.8 Å². The minimum Gasteiger partial charge on any atom is -0.475 e. The molecule has 7 heteroatoms. The second-order valence-electron chi connectivity index (χ2n) is 8.23. The molecular weight excluding hydrogens is 408 g/mol. The molecule has 1 aliphatic rings. The number of anilines is 2. The molecule has 4 rings (SSSR count). The number of pyridine rings is 1. The van der Waals surface area contributed by atoms with E-state index in [9.17, 15) is 4.79 Å². The van der Waals surface area contributed by atoms with Crippen molar-refractivity contribution < 1.29 is 9.53 Å². The van der Waals surface area contributed by atoms with Gasteiger partial charge in [0.25, 0.3) is 5.91 Å². The molecule has 6 nitrogen and oxygen atoms in total. The maximum Gasteiger partial charge on any atom is 0.263 e. The monoisotopic (exact) mass is 438 g/mol. The van der Waals surface area contributed by atoms with Gasteiger partial charge in [0.15, 0.2) is 0 Å². The van der Waals surface area contributed by atoms with E-state index in [4.69, 9.17) is 10.5 Å². The molecule has 1 fully saturated rings. The maximum atomic E-state index is 12.7. The molecule has 31 heavy (non-hydrogen) atoms. The van der Waals surface area contributed by atoms with Crippen molar-refractivity contribution in [1.82, 2.24) is 10.3 Å². The molecule has 0 aliphatic carbocycles. The molecule has 164 valence electrons. The zero-order valence-corrected chi connectivity index (χ0v) is 19.0. The number of benzene rings is 1. The summed E-state index contributed by atoms with van der Waals surface area (Å²) in [5.74, 6) is 0.389. The number of nitrogens with one attached hydrogen (secondary N) is 1. The number of ether oxygens (including phenoxy) is 1. The van der Waals surface area contributed by atoms with Crippen molar-refractivity contribution in [3.05, 3.63) is 46.8 Å². The minimum atomic E-state index is -0.156. The van der Waals surface area contributed by atoms with E-state index in [1.165, 1.54) is 41.9 Å². The first-order chi connectivity index (χ1) is 15.0. The van der Waals surface area contributed by atoms with E-state index in [2.05, 4.69) is 39.5 Å². The summed E-state index contributed by atoms with van der Waals surface area (Å²) < 4.78 is 5.64. The van der Waals surface area contributed by atoms with Crippen LogP contribution >= 0.6 is 11.3 Å². The van der Waals surface area contributed by atoms with Crippen LogP contribution in [0.4, 0.5) is 11.4 Å². The molecule has 0 atom stereocenters. The summed E-state index contributed by atoms with van der Waals surface area (Å²) in [7, 11) is 0. The predicted octanol–water partition coefficient (Wildman–Crippen LogP) is 4.63. The third kappa shape index (κ3) is 5.10. The molecule has 0 saturated carbocycles. The Bertz CT molecular complexity index is 1040. The van der Waals surface area contributed by atoms with Gasteiger partial charge in [-0.05, 0) is 63.3 Å². The lowest BCUT2D eigenvalue weighted by Crippen LogP contribution is -2.29. The number of amides is 1. The van der Waals surface area contributed by atoms with Gasteiger partial charge >= 0.3 is 0 Å². The fraction of sp³-hybridized carbons (Fsp3) is 0.417. The molecule has 2 aromatic heterocycles. The summed E-state index contributed by atoms with van der Waals surface area (Å²) in [4.78, 5) is 20.9. The third-order valence-corrected chi connectivity index (χ3v) is 6.60. The molecule has 1 amide bonds. The van der Waals surface area contributed by atoms with Crippen LogP contribution in [0.25, 0.3) is 10.2 Å². The Balaban J connectivity index is 1.35. The smallest absolute Gasteiger partial charge is 0.263 e. The molecule has 1 saturated heterocycles. The highest BCUT2D eigenvalue weighted by Crippen LogP contribution is 2.33. The van der Waals surface area contributed by atoms with Crippen LogP contribution in [0.5, 0.6) is 5.88 Å². The van der Waals surface area contributed by atoms with Crippen molar-refractivity contribution in [3.63, 3.8) is 0 Å². The number of rotatable bonds is 7. The van der Waals surface area contributed by atoms with Crippen LogP contribution in [-0.2, 0) is 6.42 Å². The Morgan fingerprint density at radius 2 is 1.90 bits per heavy atom. The van der Waals surface area contributed by atoms with Crippen LogP contribution in [0.1, 0.15) is 48.3 Å². The van der Waals surface area contributed by atoms with Crippen molar-refractivity contribution in [1.29, 1.82) is 0 Å². The van der Waals surface area contributed by atoms with Gasteiger partial charge in [-0.15, -0.1) is 11.3 Å². The van der Waals surface area contributed by atoms with Gasteiger partial charge in [-0.25, -0.2) is 4.98 Å². The summed E-state index contributed by atoms with van der Waals surface area (Å²) in [5, 5.41) is 3.79. The first kappa shape index (κ1) is 21.4. The number of hydrogen-bond donors (Lipinski definition) is 2. The number of nitrogens with two attached hydrogens (primary N) is 1. The second kappa shape index (κ2) is 9.56. The lowest BCUT2D eigenvalue weighted by atomic mass is 10.1. The number of piperidine rings is 1. The quantitative estimate of drug-likeness (QED) is 0.562. The highest BCUT2D eigenvalue weighted by Gasteiger charge is 2.18. The van der Waals surface area contributed by atoms with Gasteiger partial charge in [0.1, 0.15) is 9.71 Å². The predicted molar refractivity (Wildman–Crippen MR) is 128 cm³/mol. The minimum absolute atomic E-state index is 0.0407. The van der Waals surface area contributed by atoms with E-state index >= 15 is 0 Å². The van der Waals surface area contributed by atoms with Gasteiger partial charge in [-0.3, -0.25) is 4.79 Å². The SMILES string of the molecule is CC(C)Oc1ccc2c(N)c(C(=O)NCCc3ccc(N4CCCCC4)cc3)sc2n1. The number of thiophene rings is 1. The number of nitrogen functional groups attached to an aromatic ring is 1. The summed E-state index contributed by atoms with van der Waals surface area (Å²) in [6, 6.07) is 12.4. The van der Waals surface area contributed by atoms with Gasteiger partial charge in [0, 0.05) is 36.8 Å². The fourth-order valence-corrected chi connectivity index (χ4v) is 4.88. The van der Waals surface area contributed by atoms with Crippen molar-refractivity contribution in [3.8, 4) is 5.88 Å². The first-order valence-electron chi connectivity index (χ1n) is 11.0. The van der Waals surface area contributed by atoms with E-state index in [0.717, 1.165) is 24.9 Å². The Kier molecular flexibility index (Phi) is 6.61. The molecule has 0 radical (unpaired) electrons. The van der Waals surface area contributed by atoms with Crippen molar-refractivity contribution in [2.75, 3.05) is 30.3 Å². The molecule has 0 unspecified atom stereocenters. The molecular formula is C24H30N4O2S. The molecule has 3 N–H and O–H groups in total.